The molecule has 0 aromatic heterocycles. The quantitative estimate of drug-likeness (QED) is 0.497. The molecule has 8 nitrogen and oxygen atoms in total. The molecule has 0 aliphatic carbocycles. The highest BCUT2D eigenvalue weighted by Crippen LogP contribution is 2.38. The van der Waals surface area contributed by atoms with Crippen LogP contribution < -0.4 is 29.0 Å². The van der Waals surface area contributed by atoms with Crippen LogP contribution in [0.15, 0.2) is 35.3 Å². The van der Waals surface area contributed by atoms with Crippen molar-refractivity contribution < 1.29 is 23.7 Å². The maximum Gasteiger partial charge on any atom is 0.203 e. The Hall–Kier alpha value is -3.29. The molecule has 0 unspecified atom stereocenters. The number of guanidine groups is 1. The second kappa shape index (κ2) is 11.0. The molecule has 30 heavy (non-hydrogen) atoms. The summed E-state index contributed by atoms with van der Waals surface area (Å²) in [5.74, 6) is 4.04. The summed E-state index contributed by atoms with van der Waals surface area (Å²) in [5, 5.41) is 3.36. The number of hydrogen-bond donors (Lipinski definition) is 1. The van der Waals surface area contributed by atoms with Crippen LogP contribution in [0, 0.1) is 0 Å². The lowest BCUT2D eigenvalue weighted by Crippen LogP contribution is -2.38. The molecule has 0 amide bonds. The fourth-order valence-corrected chi connectivity index (χ4v) is 3.12. The molecule has 8 heteroatoms. The minimum absolute atomic E-state index is 0.535. The molecule has 0 saturated heterocycles. The van der Waals surface area contributed by atoms with Crippen LogP contribution in [0.25, 0.3) is 0 Å². The van der Waals surface area contributed by atoms with Crippen molar-refractivity contribution >= 4 is 5.96 Å². The summed E-state index contributed by atoms with van der Waals surface area (Å²) in [6.07, 6.45) is 0. The number of rotatable bonds is 9. The molecule has 2 aromatic rings. The van der Waals surface area contributed by atoms with E-state index in [1.807, 2.05) is 42.3 Å². The van der Waals surface area contributed by atoms with Crippen molar-refractivity contribution in [1.82, 2.24) is 10.2 Å². The first-order valence-corrected chi connectivity index (χ1v) is 9.42. The van der Waals surface area contributed by atoms with Gasteiger partial charge in [-0.1, -0.05) is 0 Å². The molecule has 164 valence electrons. The molecule has 1 N–H and O–H groups in total. The Morgan fingerprint density at radius 1 is 0.867 bits per heavy atom. The van der Waals surface area contributed by atoms with Gasteiger partial charge in [-0.3, -0.25) is 4.99 Å². The number of benzene rings is 2. The Bertz CT molecular complexity index is 845. The van der Waals surface area contributed by atoms with Crippen molar-refractivity contribution in [2.45, 2.75) is 13.1 Å². The molecule has 0 saturated carbocycles. The normalized spacial score (nSPS) is 11.0. The van der Waals surface area contributed by atoms with Crippen LogP contribution in [-0.4, -0.2) is 60.5 Å². The fourth-order valence-electron chi connectivity index (χ4n) is 3.12. The largest absolute Gasteiger partial charge is 0.497 e. The first kappa shape index (κ1) is 23.0. The summed E-state index contributed by atoms with van der Waals surface area (Å²) in [5.41, 5.74) is 2.00. The summed E-state index contributed by atoms with van der Waals surface area (Å²) >= 11 is 0. The topological polar surface area (TPSA) is 73.8 Å². The molecule has 0 radical (unpaired) electrons. The maximum atomic E-state index is 5.50. The average molecular weight is 418 g/mol. The van der Waals surface area contributed by atoms with Crippen LogP contribution in [0.1, 0.15) is 11.1 Å². The van der Waals surface area contributed by atoms with Gasteiger partial charge < -0.3 is 33.9 Å². The number of nitrogens with one attached hydrogen (secondary N) is 1. The molecular formula is C22H31N3O5. The highest BCUT2D eigenvalue weighted by Gasteiger charge is 2.15. The second-order valence-corrected chi connectivity index (χ2v) is 6.47. The lowest BCUT2D eigenvalue weighted by molar-refractivity contribution is 0.323. The van der Waals surface area contributed by atoms with E-state index >= 15 is 0 Å². The molecule has 0 heterocycles. The van der Waals surface area contributed by atoms with Gasteiger partial charge in [0.05, 0.1) is 35.5 Å². The Balaban J connectivity index is 2.13. The van der Waals surface area contributed by atoms with Gasteiger partial charge in [-0.2, -0.15) is 0 Å². The summed E-state index contributed by atoms with van der Waals surface area (Å²) in [7, 11) is 11.8. The van der Waals surface area contributed by atoms with E-state index in [9.17, 15) is 0 Å². The predicted octanol–water partition coefficient (Wildman–Crippen LogP) is 2.94. The SMILES string of the molecule is CN=C(NCc1cc(OC)c(OC)c(OC)c1)N(C)Cc1ccc(OC)cc1OC. The Morgan fingerprint density at radius 2 is 1.50 bits per heavy atom. The number of methoxy groups -OCH3 is 5. The zero-order valence-corrected chi connectivity index (χ0v) is 18.7. The third-order valence-corrected chi connectivity index (χ3v) is 4.65. The lowest BCUT2D eigenvalue weighted by atomic mass is 10.1. The van der Waals surface area contributed by atoms with Crippen LogP contribution in [0.4, 0.5) is 0 Å². The van der Waals surface area contributed by atoms with Crippen LogP contribution >= 0.6 is 0 Å². The summed E-state index contributed by atoms with van der Waals surface area (Å²) < 4.78 is 27.0. The van der Waals surface area contributed by atoms with E-state index in [-0.39, 0.29) is 0 Å². The Kier molecular flexibility index (Phi) is 8.46. The van der Waals surface area contributed by atoms with Crippen LogP contribution in [0.5, 0.6) is 28.7 Å². The van der Waals surface area contributed by atoms with E-state index in [2.05, 4.69) is 10.3 Å². The van der Waals surface area contributed by atoms with E-state index in [1.54, 1.807) is 42.6 Å². The molecule has 0 spiro atoms. The molecule has 0 aliphatic rings. The summed E-state index contributed by atoms with van der Waals surface area (Å²) in [6, 6.07) is 9.59. The van der Waals surface area contributed by atoms with Crippen molar-refractivity contribution in [3.05, 3.63) is 41.5 Å². The molecule has 0 aliphatic heterocycles. The number of aliphatic imine (C=N–C) groups is 1. The van der Waals surface area contributed by atoms with Crippen molar-refractivity contribution in [3.8, 4) is 28.7 Å². The van der Waals surface area contributed by atoms with E-state index < -0.39 is 0 Å². The minimum atomic E-state index is 0.535. The summed E-state index contributed by atoms with van der Waals surface area (Å²) in [6.45, 7) is 1.15. The van der Waals surface area contributed by atoms with E-state index in [1.165, 1.54) is 0 Å². The lowest BCUT2D eigenvalue weighted by Gasteiger charge is -2.23. The highest BCUT2D eigenvalue weighted by molar-refractivity contribution is 5.79. The molecule has 0 atom stereocenters. The van der Waals surface area contributed by atoms with Crippen LogP contribution in [0.3, 0.4) is 0 Å². The van der Waals surface area contributed by atoms with Crippen molar-refractivity contribution in [2.24, 2.45) is 4.99 Å². The molecule has 0 fully saturated rings. The number of hydrogen-bond acceptors (Lipinski definition) is 6. The van der Waals surface area contributed by atoms with Gasteiger partial charge in [0, 0.05) is 38.8 Å². The zero-order valence-electron chi connectivity index (χ0n) is 18.7. The van der Waals surface area contributed by atoms with Gasteiger partial charge in [-0.15, -0.1) is 0 Å². The zero-order chi connectivity index (χ0) is 22.1. The Labute approximate surface area is 178 Å². The third kappa shape index (κ3) is 5.40. The predicted molar refractivity (Wildman–Crippen MR) is 117 cm³/mol. The molecular weight excluding hydrogens is 386 g/mol. The first-order valence-electron chi connectivity index (χ1n) is 9.42. The first-order chi connectivity index (χ1) is 14.5. The van der Waals surface area contributed by atoms with Crippen molar-refractivity contribution in [3.63, 3.8) is 0 Å². The van der Waals surface area contributed by atoms with Crippen LogP contribution in [-0.2, 0) is 13.1 Å². The maximum absolute atomic E-state index is 5.50. The second-order valence-electron chi connectivity index (χ2n) is 6.47. The average Bonchev–Trinajstić information content (AvgIpc) is 2.78. The molecule has 2 rings (SSSR count). The van der Waals surface area contributed by atoms with Crippen molar-refractivity contribution in [1.29, 1.82) is 0 Å². The van der Waals surface area contributed by atoms with Gasteiger partial charge >= 0.3 is 0 Å². The molecule has 2 aromatic carbocycles. The standard InChI is InChI=1S/C22H31N3O5/c1-23-22(25(2)14-16-8-9-17(26-3)12-18(16)27-4)24-13-15-10-19(28-5)21(30-7)20(11-15)29-6/h8-12H,13-14H2,1-7H3,(H,23,24). The van der Waals surface area contributed by atoms with E-state index in [0.29, 0.717) is 30.3 Å². The minimum Gasteiger partial charge on any atom is -0.497 e. The fraction of sp³-hybridized carbons (Fsp3) is 0.409. The van der Waals surface area contributed by atoms with Gasteiger partial charge in [0.15, 0.2) is 17.5 Å². The Morgan fingerprint density at radius 3 is 2.00 bits per heavy atom. The number of nitrogens with zero attached hydrogens (tertiary/aromatic N) is 2. The van der Waals surface area contributed by atoms with Gasteiger partial charge in [0.1, 0.15) is 11.5 Å². The molecule has 0 bridgehead atoms. The van der Waals surface area contributed by atoms with E-state index in [4.69, 9.17) is 23.7 Å². The smallest absolute Gasteiger partial charge is 0.203 e. The van der Waals surface area contributed by atoms with Gasteiger partial charge in [0.25, 0.3) is 0 Å². The van der Waals surface area contributed by atoms with Gasteiger partial charge in [0.2, 0.25) is 5.75 Å². The van der Waals surface area contributed by atoms with Crippen LogP contribution in [0.2, 0.25) is 0 Å². The van der Waals surface area contributed by atoms with Gasteiger partial charge in [-0.05, 0) is 29.8 Å². The van der Waals surface area contributed by atoms with E-state index in [0.717, 1.165) is 28.6 Å². The highest BCUT2D eigenvalue weighted by atomic mass is 16.5. The summed E-state index contributed by atoms with van der Waals surface area (Å²) in [4.78, 5) is 6.40. The van der Waals surface area contributed by atoms with Crippen molar-refractivity contribution in [2.75, 3.05) is 49.6 Å². The van der Waals surface area contributed by atoms with Gasteiger partial charge in [-0.25, -0.2) is 0 Å². The monoisotopic (exact) mass is 417 g/mol. The number of ether oxygens (including phenoxy) is 5. The third-order valence-electron chi connectivity index (χ3n) is 4.65.